The highest BCUT2D eigenvalue weighted by molar-refractivity contribution is 8.13. The van der Waals surface area contributed by atoms with Gasteiger partial charge in [0.25, 0.3) is 5.91 Å². The van der Waals surface area contributed by atoms with Gasteiger partial charge < -0.3 is 15.8 Å². The molecule has 1 amide bonds. The van der Waals surface area contributed by atoms with Crippen LogP contribution in [0.5, 0.6) is 0 Å². The first-order valence-electron chi connectivity index (χ1n) is 8.16. The third kappa shape index (κ3) is 4.98. The van der Waals surface area contributed by atoms with E-state index in [1.54, 1.807) is 37.0 Å². The molecule has 1 aromatic rings. The lowest BCUT2D eigenvalue weighted by Crippen LogP contribution is -2.29. The highest BCUT2D eigenvalue weighted by Crippen LogP contribution is 2.35. The van der Waals surface area contributed by atoms with Gasteiger partial charge in [0.05, 0.1) is 12.6 Å². The third-order valence-electron chi connectivity index (χ3n) is 4.07. The van der Waals surface area contributed by atoms with Crippen LogP contribution in [-0.2, 0) is 10.3 Å². The summed E-state index contributed by atoms with van der Waals surface area (Å²) in [5.74, 6) is 1.12. The van der Waals surface area contributed by atoms with Gasteiger partial charge in [-0.2, -0.15) is 0 Å². The molecule has 0 aromatic heterocycles. The Kier molecular flexibility index (Phi) is 6.63. The fourth-order valence-electron chi connectivity index (χ4n) is 2.56. The molecule has 0 radical (unpaired) electrons. The number of benzene rings is 1. The lowest BCUT2D eigenvalue weighted by atomic mass is 9.88. The molecule has 1 heterocycles. The molecule has 0 saturated heterocycles. The maximum Gasteiger partial charge on any atom is 0.255 e. The van der Waals surface area contributed by atoms with E-state index < -0.39 is 5.54 Å². The van der Waals surface area contributed by atoms with Crippen molar-refractivity contribution in [3.05, 3.63) is 59.8 Å². The molecule has 1 aliphatic rings. The Morgan fingerprint density at radius 3 is 2.92 bits per heavy atom. The van der Waals surface area contributed by atoms with Crippen LogP contribution in [0.2, 0.25) is 0 Å². The van der Waals surface area contributed by atoms with Crippen molar-refractivity contribution >= 4 is 28.7 Å². The van der Waals surface area contributed by atoms with Crippen LogP contribution in [0, 0.1) is 0 Å². The number of rotatable bonds is 5. The number of nitrogens with zero attached hydrogens (tertiary/aromatic N) is 2. The maximum absolute atomic E-state index is 12.5. The van der Waals surface area contributed by atoms with Gasteiger partial charge in [-0.05, 0) is 37.1 Å². The van der Waals surface area contributed by atoms with Crippen molar-refractivity contribution < 1.29 is 9.53 Å². The number of aliphatic imine (C=N–C) groups is 2. The zero-order chi connectivity index (χ0) is 19.2. The van der Waals surface area contributed by atoms with Crippen molar-refractivity contribution in [3.63, 3.8) is 0 Å². The van der Waals surface area contributed by atoms with Crippen molar-refractivity contribution in [2.75, 3.05) is 19.9 Å². The van der Waals surface area contributed by atoms with Gasteiger partial charge in [-0.1, -0.05) is 30.5 Å². The van der Waals surface area contributed by atoms with Gasteiger partial charge in [0, 0.05) is 30.1 Å². The van der Waals surface area contributed by atoms with E-state index in [1.807, 2.05) is 25.1 Å². The molecule has 26 heavy (non-hydrogen) atoms. The molecule has 0 spiro atoms. The van der Waals surface area contributed by atoms with Crippen molar-refractivity contribution in [3.8, 4) is 0 Å². The fourth-order valence-corrected chi connectivity index (χ4v) is 3.53. The van der Waals surface area contributed by atoms with E-state index in [0.717, 1.165) is 17.7 Å². The van der Waals surface area contributed by atoms with Crippen molar-refractivity contribution in [2.45, 2.75) is 18.9 Å². The Bertz CT molecular complexity index is 785. The quantitative estimate of drug-likeness (QED) is 0.472. The van der Waals surface area contributed by atoms with Crippen LogP contribution in [0.3, 0.4) is 0 Å². The molecule has 1 atom stereocenters. The minimum Gasteiger partial charge on any atom is -0.481 e. The molecular weight excluding hydrogens is 348 g/mol. The number of hydrogen-bond donors (Lipinski definition) is 2. The number of ether oxygens (including phenoxy) is 1. The lowest BCUT2D eigenvalue weighted by Gasteiger charge is -2.30. The van der Waals surface area contributed by atoms with Crippen LogP contribution in [0.1, 0.15) is 29.3 Å². The molecule has 138 valence electrons. The average Bonchev–Trinajstić information content (AvgIpc) is 2.62. The van der Waals surface area contributed by atoms with Gasteiger partial charge >= 0.3 is 0 Å². The van der Waals surface area contributed by atoms with E-state index in [1.165, 1.54) is 7.11 Å². The number of carbonyl (C=O) groups excluding carboxylic acids is 1. The average molecular weight is 372 g/mol. The first kappa shape index (κ1) is 19.8. The van der Waals surface area contributed by atoms with Gasteiger partial charge in [-0.3, -0.25) is 14.8 Å². The highest BCUT2D eigenvalue weighted by atomic mass is 32.2. The summed E-state index contributed by atoms with van der Waals surface area (Å²) in [7, 11) is 3.15. The number of carbonyl (C=O) groups is 1. The Morgan fingerprint density at radius 1 is 1.50 bits per heavy atom. The monoisotopic (exact) mass is 372 g/mol. The van der Waals surface area contributed by atoms with Crippen LogP contribution >= 0.6 is 11.8 Å². The van der Waals surface area contributed by atoms with Gasteiger partial charge in [-0.25, -0.2) is 0 Å². The number of amidine groups is 1. The van der Waals surface area contributed by atoms with Crippen LogP contribution in [0.4, 0.5) is 0 Å². The molecule has 0 saturated carbocycles. The number of hydrogen-bond acceptors (Lipinski definition) is 6. The van der Waals surface area contributed by atoms with Gasteiger partial charge in [0.1, 0.15) is 0 Å². The summed E-state index contributed by atoms with van der Waals surface area (Å²) in [6, 6.07) is 7.44. The smallest absolute Gasteiger partial charge is 0.255 e. The molecule has 3 N–H and O–H groups in total. The second kappa shape index (κ2) is 8.71. The predicted octanol–water partition coefficient (Wildman–Crippen LogP) is 2.83. The second-order valence-electron chi connectivity index (χ2n) is 5.98. The zero-order valence-electron chi connectivity index (χ0n) is 15.3. The minimum absolute atomic E-state index is 0.236. The maximum atomic E-state index is 12.5. The van der Waals surface area contributed by atoms with Crippen LogP contribution in [0.15, 0.2) is 58.7 Å². The van der Waals surface area contributed by atoms with E-state index in [4.69, 9.17) is 10.5 Å². The van der Waals surface area contributed by atoms with E-state index in [-0.39, 0.29) is 5.91 Å². The Morgan fingerprint density at radius 2 is 2.27 bits per heavy atom. The molecule has 7 heteroatoms. The van der Waals surface area contributed by atoms with Crippen molar-refractivity contribution in [2.24, 2.45) is 15.7 Å². The number of thioether (sulfide) groups is 1. The van der Waals surface area contributed by atoms with E-state index >= 15 is 0 Å². The second-order valence-corrected chi connectivity index (χ2v) is 7.10. The SMILES string of the molecule is C=C(/C=C\C(=NC)OC)NC(=O)c1cccc(C2(C)CCSC(N)=N2)c1. The molecule has 0 fully saturated rings. The van der Waals surface area contributed by atoms with E-state index in [2.05, 4.69) is 21.9 Å². The van der Waals surface area contributed by atoms with E-state index in [0.29, 0.717) is 22.3 Å². The third-order valence-corrected chi connectivity index (χ3v) is 4.87. The molecule has 2 rings (SSSR count). The van der Waals surface area contributed by atoms with Crippen LogP contribution in [-0.4, -0.2) is 36.9 Å². The van der Waals surface area contributed by atoms with Gasteiger partial charge in [0.15, 0.2) is 5.17 Å². The summed E-state index contributed by atoms with van der Waals surface area (Å²) < 4.78 is 5.03. The minimum atomic E-state index is -0.409. The number of methoxy groups -OCH3 is 1. The van der Waals surface area contributed by atoms with Gasteiger partial charge in [-0.15, -0.1) is 0 Å². The summed E-state index contributed by atoms with van der Waals surface area (Å²) in [4.78, 5) is 21.0. The van der Waals surface area contributed by atoms with Crippen molar-refractivity contribution in [1.82, 2.24) is 5.32 Å². The van der Waals surface area contributed by atoms with Crippen LogP contribution in [0.25, 0.3) is 0 Å². The predicted molar refractivity (Wildman–Crippen MR) is 109 cm³/mol. The fraction of sp³-hybridized carbons (Fsp3) is 0.316. The first-order valence-corrected chi connectivity index (χ1v) is 9.14. The Balaban J connectivity index is 2.13. The summed E-state index contributed by atoms with van der Waals surface area (Å²) >= 11 is 1.55. The van der Waals surface area contributed by atoms with Gasteiger partial charge in [0.2, 0.25) is 5.90 Å². The number of allylic oxidation sites excluding steroid dienone is 1. The standard InChI is InChI=1S/C19H24N4O2S/c1-13(8-9-16(21-3)25-4)22-17(24)14-6-5-7-15(12-14)19(2)10-11-26-18(20)23-19/h5-9,12H,1,10-11H2,2-4H3,(H2,20,23)(H,22,24)/b9-8-,21-16?. The molecule has 6 nitrogen and oxygen atoms in total. The topological polar surface area (TPSA) is 89.1 Å². The summed E-state index contributed by atoms with van der Waals surface area (Å²) in [5.41, 5.74) is 7.43. The number of amides is 1. The summed E-state index contributed by atoms with van der Waals surface area (Å²) in [5, 5.41) is 3.34. The lowest BCUT2D eigenvalue weighted by molar-refractivity contribution is 0.0967. The first-order chi connectivity index (χ1) is 12.4. The molecular formula is C19H24N4O2S. The zero-order valence-corrected chi connectivity index (χ0v) is 16.1. The summed E-state index contributed by atoms with van der Waals surface area (Å²) in [6.07, 6.45) is 4.14. The molecule has 1 unspecified atom stereocenters. The Hall–Kier alpha value is -2.54. The normalized spacial score (nSPS) is 20.6. The molecule has 0 bridgehead atoms. The highest BCUT2D eigenvalue weighted by Gasteiger charge is 2.29. The molecule has 0 aliphatic carbocycles. The molecule has 1 aromatic carbocycles. The summed E-state index contributed by atoms with van der Waals surface area (Å²) in [6.45, 7) is 5.86. The number of nitrogens with two attached hydrogens (primary N) is 1. The largest absolute Gasteiger partial charge is 0.481 e. The van der Waals surface area contributed by atoms with E-state index in [9.17, 15) is 4.79 Å². The van der Waals surface area contributed by atoms with Crippen LogP contribution < -0.4 is 11.1 Å². The number of nitrogens with one attached hydrogen (secondary N) is 1. The molecule has 1 aliphatic heterocycles. The Labute approximate surface area is 158 Å². The van der Waals surface area contributed by atoms with Crippen molar-refractivity contribution in [1.29, 1.82) is 0 Å².